The number of aliphatic hydroxyl groups is 1. The van der Waals surface area contributed by atoms with Crippen LogP contribution in [-0.2, 0) is 6.54 Å². The maximum absolute atomic E-state index is 10.4. The molecule has 0 saturated heterocycles. The Morgan fingerprint density at radius 1 is 1.13 bits per heavy atom. The van der Waals surface area contributed by atoms with Crippen molar-refractivity contribution in [3.05, 3.63) is 53.6 Å². The minimum Gasteiger partial charge on any atom is -0.496 e. The van der Waals surface area contributed by atoms with Crippen LogP contribution in [0.4, 0.5) is 0 Å². The summed E-state index contributed by atoms with van der Waals surface area (Å²) in [4.78, 5) is 0. The molecule has 3 rings (SSSR count). The van der Waals surface area contributed by atoms with Crippen molar-refractivity contribution in [3.8, 4) is 17.2 Å². The average molecular weight is 315 g/mol. The van der Waals surface area contributed by atoms with Gasteiger partial charge in [-0.25, -0.2) is 0 Å². The van der Waals surface area contributed by atoms with E-state index < -0.39 is 6.10 Å². The molecule has 1 heterocycles. The van der Waals surface area contributed by atoms with Gasteiger partial charge in [0.1, 0.15) is 19.0 Å². The van der Waals surface area contributed by atoms with E-state index in [0.29, 0.717) is 32.1 Å². The van der Waals surface area contributed by atoms with Gasteiger partial charge in [-0.1, -0.05) is 30.3 Å². The largest absolute Gasteiger partial charge is 0.496 e. The van der Waals surface area contributed by atoms with Crippen LogP contribution in [0.25, 0.3) is 0 Å². The van der Waals surface area contributed by atoms with Gasteiger partial charge in [-0.3, -0.25) is 0 Å². The van der Waals surface area contributed by atoms with Crippen molar-refractivity contribution < 1.29 is 19.3 Å². The number of methoxy groups -OCH3 is 1. The number of rotatable bonds is 6. The number of fused-ring (bicyclic) bond motifs is 1. The third kappa shape index (κ3) is 3.57. The van der Waals surface area contributed by atoms with E-state index in [4.69, 9.17) is 14.2 Å². The van der Waals surface area contributed by atoms with Gasteiger partial charge in [0, 0.05) is 24.2 Å². The van der Waals surface area contributed by atoms with Crippen LogP contribution in [-0.4, -0.2) is 32.0 Å². The molecule has 0 radical (unpaired) electrons. The fourth-order valence-corrected chi connectivity index (χ4v) is 2.67. The van der Waals surface area contributed by atoms with E-state index in [2.05, 4.69) is 5.32 Å². The third-order valence-electron chi connectivity index (χ3n) is 3.80. The van der Waals surface area contributed by atoms with Gasteiger partial charge in [-0.2, -0.15) is 0 Å². The van der Waals surface area contributed by atoms with Crippen LogP contribution in [0, 0.1) is 0 Å². The molecular weight excluding hydrogens is 294 g/mol. The van der Waals surface area contributed by atoms with Gasteiger partial charge in [-0.05, 0) is 12.1 Å². The summed E-state index contributed by atoms with van der Waals surface area (Å²) in [6.45, 7) is 2.16. The van der Waals surface area contributed by atoms with Gasteiger partial charge in [0.25, 0.3) is 0 Å². The number of para-hydroxylation sites is 2. The summed E-state index contributed by atoms with van der Waals surface area (Å²) < 4.78 is 16.5. The Morgan fingerprint density at radius 2 is 1.96 bits per heavy atom. The summed E-state index contributed by atoms with van der Waals surface area (Å²) in [6, 6.07) is 13.3. The second-order valence-corrected chi connectivity index (χ2v) is 5.33. The standard InChI is InChI=1S/C18H21NO4/c1-21-16-7-3-2-6-14(16)15(20)12-19-11-13-5-4-8-17-18(13)23-10-9-22-17/h2-8,15,19-20H,9-12H2,1H3. The van der Waals surface area contributed by atoms with Gasteiger partial charge < -0.3 is 24.6 Å². The van der Waals surface area contributed by atoms with Crippen molar-refractivity contribution in [1.82, 2.24) is 5.32 Å². The maximum Gasteiger partial charge on any atom is 0.165 e. The number of hydrogen-bond donors (Lipinski definition) is 2. The Labute approximate surface area is 135 Å². The number of aliphatic hydroxyl groups excluding tert-OH is 1. The van der Waals surface area contributed by atoms with E-state index in [1.807, 2.05) is 42.5 Å². The van der Waals surface area contributed by atoms with Crippen molar-refractivity contribution in [2.75, 3.05) is 26.9 Å². The SMILES string of the molecule is COc1ccccc1C(O)CNCc1cccc2c1OCCO2. The normalized spacial score (nSPS) is 14.3. The highest BCUT2D eigenvalue weighted by Crippen LogP contribution is 2.33. The third-order valence-corrected chi connectivity index (χ3v) is 3.80. The Hall–Kier alpha value is -2.24. The van der Waals surface area contributed by atoms with E-state index in [0.717, 1.165) is 22.6 Å². The number of hydrogen-bond acceptors (Lipinski definition) is 5. The molecule has 1 atom stereocenters. The molecule has 1 aliphatic rings. The molecule has 122 valence electrons. The summed E-state index contributed by atoms with van der Waals surface area (Å²) in [6.07, 6.45) is -0.636. The van der Waals surface area contributed by atoms with Crippen LogP contribution in [0.15, 0.2) is 42.5 Å². The molecule has 5 nitrogen and oxygen atoms in total. The van der Waals surface area contributed by atoms with Crippen molar-refractivity contribution >= 4 is 0 Å². The Balaban J connectivity index is 1.61. The van der Waals surface area contributed by atoms with Crippen molar-refractivity contribution in [2.24, 2.45) is 0 Å². The number of benzene rings is 2. The lowest BCUT2D eigenvalue weighted by Gasteiger charge is -2.21. The van der Waals surface area contributed by atoms with E-state index in [9.17, 15) is 5.11 Å². The monoisotopic (exact) mass is 315 g/mol. The quantitative estimate of drug-likeness (QED) is 0.856. The Kier molecular flexibility index (Phi) is 5.00. The second kappa shape index (κ2) is 7.35. The zero-order chi connectivity index (χ0) is 16.1. The van der Waals surface area contributed by atoms with Crippen molar-refractivity contribution in [1.29, 1.82) is 0 Å². The van der Waals surface area contributed by atoms with E-state index in [1.165, 1.54) is 0 Å². The molecule has 0 fully saturated rings. The molecule has 0 amide bonds. The second-order valence-electron chi connectivity index (χ2n) is 5.33. The molecular formula is C18H21NO4. The molecule has 2 aromatic rings. The maximum atomic E-state index is 10.4. The lowest BCUT2D eigenvalue weighted by Crippen LogP contribution is -2.23. The molecule has 1 unspecified atom stereocenters. The van der Waals surface area contributed by atoms with Crippen LogP contribution in [0.2, 0.25) is 0 Å². The van der Waals surface area contributed by atoms with Crippen molar-refractivity contribution in [3.63, 3.8) is 0 Å². The zero-order valence-corrected chi connectivity index (χ0v) is 13.1. The lowest BCUT2D eigenvalue weighted by atomic mass is 10.1. The summed E-state index contributed by atoms with van der Waals surface area (Å²) in [5.74, 6) is 2.26. The summed E-state index contributed by atoms with van der Waals surface area (Å²) in [5, 5.41) is 13.6. The topological polar surface area (TPSA) is 60.0 Å². The molecule has 2 N–H and O–H groups in total. The fourth-order valence-electron chi connectivity index (χ4n) is 2.67. The molecule has 2 aromatic carbocycles. The molecule has 1 aliphatic heterocycles. The number of nitrogens with one attached hydrogen (secondary N) is 1. The molecule has 23 heavy (non-hydrogen) atoms. The fraction of sp³-hybridized carbons (Fsp3) is 0.333. The average Bonchev–Trinajstić information content (AvgIpc) is 2.61. The highest BCUT2D eigenvalue weighted by atomic mass is 16.6. The first-order valence-corrected chi connectivity index (χ1v) is 7.69. The smallest absolute Gasteiger partial charge is 0.165 e. The summed E-state index contributed by atoms with van der Waals surface area (Å²) >= 11 is 0. The molecule has 0 spiro atoms. The highest BCUT2D eigenvalue weighted by molar-refractivity contribution is 5.47. The first-order chi connectivity index (χ1) is 11.3. The minimum absolute atomic E-state index is 0.422. The van der Waals surface area contributed by atoms with Crippen LogP contribution >= 0.6 is 0 Å². The first kappa shape index (κ1) is 15.6. The van der Waals surface area contributed by atoms with E-state index in [-0.39, 0.29) is 0 Å². The van der Waals surface area contributed by atoms with Gasteiger partial charge in [0.2, 0.25) is 0 Å². The molecule has 0 saturated carbocycles. The van der Waals surface area contributed by atoms with Gasteiger partial charge in [0.05, 0.1) is 13.2 Å². The lowest BCUT2D eigenvalue weighted by molar-refractivity contribution is 0.165. The van der Waals surface area contributed by atoms with Crippen LogP contribution < -0.4 is 19.5 Å². The van der Waals surface area contributed by atoms with Crippen molar-refractivity contribution in [2.45, 2.75) is 12.6 Å². The molecule has 0 bridgehead atoms. The Morgan fingerprint density at radius 3 is 2.83 bits per heavy atom. The van der Waals surface area contributed by atoms with Crippen LogP contribution in [0.5, 0.6) is 17.2 Å². The summed E-state index contributed by atoms with van der Waals surface area (Å²) in [5.41, 5.74) is 1.80. The molecule has 5 heteroatoms. The predicted molar refractivity (Wildman–Crippen MR) is 87.1 cm³/mol. The van der Waals surface area contributed by atoms with E-state index in [1.54, 1.807) is 7.11 Å². The van der Waals surface area contributed by atoms with Gasteiger partial charge in [-0.15, -0.1) is 0 Å². The first-order valence-electron chi connectivity index (χ1n) is 7.69. The molecule has 0 aliphatic carbocycles. The van der Waals surface area contributed by atoms with Gasteiger partial charge in [0.15, 0.2) is 11.5 Å². The van der Waals surface area contributed by atoms with Gasteiger partial charge >= 0.3 is 0 Å². The Bertz CT molecular complexity index is 659. The highest BCUT2D eigenvalue weighted by Gasteiger charge is 2.16. The minimum atomic E-state index is -0.636. The van der Waals surface area contributed by atoms with Crippen LogP contribution in [0.1, 0.15) is 17.2 Å². The predicted octanol–water partition coefficient (Wildman–Crippen LogP) is 2.29. The summed E-state index contributed by atoms with van der Waals surface area (Å²) in [7, 11) is 1.60. The molecule has 0 aromatic heterocycles. The zero-order valence-electron chi connectivity index (χ0n) is 13.1. The van der Waals surface area contributed by atoms with Crippen LogP contribution in [0.3, 0.4) is 0 Å². The number of ether oxygens (including phenoxy) is 3. The van der Waals surface area contributed by atoms with E-state index >= 15 is 0 Å².